The van der Waals surface area contributed by atoms with Gasteiger partial charge < -0.3 is 4.74 Å². The first-order chi connectivity index (χ1) is 14.0. The van der Waals surface area contributed by atoms with Crippen LogP contribution in [-0.4, -0.2) is 0 Å². The van der Waals surface area contributed by atoms with Crippen LogP contribution in [0.15, 0.2) is 60.7 Å². The van der Waals surface area contributed by atoms with Crippen LogP contribution in [0.5, 0.6) is 11.5 Å². The van der Waals surface area contributed by atoms with Crippen LogP contribution >= 0.6 is 0 Å². The summed E-state index contributed by atoms with van der Waals surface area (Å²) < 4.78 is 6.36. The van der Waals surface area contributed by atoms with Gasteiger partial charge in [0, 0.05) is 5.56 Å². The molecule has 3 nitrogen and oxygen atoms in total. The predicted octanol–water partition coefficient (Wildman–Crippen LogP) is 7.30. The van der Waals surface area contributed by atoms with Crippen molar-refractivity contribution in [2.45, 2.75) is 46.1 Å². The van der Waals surface area contributed by atoms with Gasteiger partial charge in [-0.15, -0.1) is 0 Å². The highest BCUT2D eigenvalue weighted by atomic mass is 16.5. The fraction of sp³-hybridized carbons (Fsp3) is 0.269. The highest BCUT2D eigenvalue weighted by Gasteiger charge is 2.18. The molecular formula is C26H26NO2. The SMILES string of the molecule is CCCCC(Oc1ccc([O])c(C)c1)c1cccc(-c2ccc(C#N)cc2)c1C. The van der Waals surface area contributed by atoms with Gasteiger partial charge in [0.15, 0.2) is 5.75 Å². The van der Waals surface area contributed by atoms with E-state index >= 15 is 0 Å². The Balaban J connectivity index is 1.96. The van der Waals surface area contributed by atoms with Crippen molar-refractivity contribution in [2.24, 2.45) is 0 Å². The zero-order chi connectivity index (χ0) is 20.8. The van der Waals surface area contributed by atoms with Crippen LogP contribution in [-0.2, 0) is 5.11 Å². The molecule has 0 saturated carbocycles. The number of hydrogen-bond donors (Lipinski definition) is 0. The molecule has 0 N–H and O–H groups in total. The minimum Gasteiger partial charge on any atom is -0.486 e. The molecule has 0 saturated heterocycles. The third-order valence-electron chi connectivity index (χ3n) is 5.29. The number of ether oxygens (including phenoxy) is 1. The Morgan fingerprint density at radius 3 is 2.45 bits per heavy atom. The monoisotopic (exact) mass is 384 g/mol. The van der Waals surface area contributed by atoms with Gasteiger partial charge in [-0.05, 0) is 79.3 Å². The Morgan fingerprint density at radius 2 is 1.79 bits per heavy atom. The van der Waals surface area contributed by atoms with Crippen LogP contribution in [0.3, 0.4) is 0 Å². The average Bonchev–Trinajstić information content (AvgIpc) is 2.74. The van der Waals surface area contributed by atoms with E-state index in [0.29, 0.717) is 11.1 Å². The molecule has 1 radical (unpaired) electrons. The maximum Gasteiger partial charge on any atom is 0.181 e. The Labute approximate surface area is 173 Å². The van der Waals surface area contributed by atoms with E-state index in [1.54, 1.807) is 12.1 Å². The van der Waals surface area contributed by atoms with Gasteiger partial charge in [-0.3, -0.25) is 5.11 Å². The number of unbranched alkanes of at least 4 members (excludes halogenated alkanes) is 1. The van der Waals surface area contributed by atoms with Crippen LogP contribution in [0.25, 0.3) is 11.1 Å². The van der Waals surface area contributed by atoms with Crippen molar-refractivity contribution in [2.75, 3.05) is 0 Å². The summed E-state index contributed by atoms with van der Waals surface area (Å²) in [5.74, 6) is 0.757. The Morgan fingerprint density at radius 1 is 1.03 bits per heavy atom. The van der Waals surface area contributed by atoms with Crippen LogP contribution in [0.1, 0.15) is 54.5 Å². The highest BCUT2D eigenvalue weighted by molar-refractivity contribution is 5.69. The number of rotatable bonds is 7. The first kappa shape index (κ1) is 20.5. The lowest BCUT2D eigenvalue weighted by molar-refractivity contribution is 0.190. The topological polar surface area (TPSA) is 52.9 Å². The lowest BCUT2D eigenvalue weighted by Gasteiger charge is -2.23. The molecule has 29 heavy (non-hydrogen) atoms. The van der Waals surface area contributed by atoms with Crippen molar-refractivity contribution in [3.8, 4) is 28.7 Å². The summed E-state index contributed by atoms with van der Waals surface area (Å²) in [7, 11) is 0. The van der Waals surface area contributed by atoms with Crippen molar-refractivity contribution in [3.63, 3.8) is 0 Å². The quantitative estimate of drug-likeness (QED) is 0.429. The van der Waals surface area contributed by atoms with Gasteiger partial charge in [-0.2, -0.15) is 5.26 Å². The van der Waals surface area contributed by atoms with Gasteiger partial charge >= 0.3 is 0 Å². The molecule has 0 aliphatic heterocycles. The Hall–Kier alpha value is -3.25. The zero-order valence-electron chi connectivity index (χ0n) is 17.2. The summed E-state index contributed by atoms with van der Waals surface area (Å²) in [5.41, 5.74) is 5.91. The second kappa shape index (κ2) is 9.30. The molecule has 3 aromatic rings. The Kier molecular flexibility index (Phi) is 6.57. The maximum absolute atomic E-state index is 11.7. The van der Waals surface area contributed by atoms with E-state index in [4.69, 9.17) is 10.00 Å². The number of nitriles is 1. The normalized spacial score (nSPS) is 11.7. The molecule has 1 unspecified atom stereocenters. The van der Waals surface area contributed by atoms with E-state index in [1.807, 2.05) is 37.3 Å². The molecule has 147 valence electrons. The second-order valence-corrected chi connectivity index (χ2v) is 7.38. The van der Waals surface area contributed by atoms with Crippen molar-refractivity contribution >= 4 is 0 Å². The van der Waals surface area contributed by atoms with Gasteiger partial charge in [-0.25, -0.2) is 0 Å². The number of nitrogens with zero attached hydrogens (tertiary/aromatic N) is 1. The summed E-state index contributed by atoms with van der Waals surface area (Å²) in [4.78, 5) is 0. The van der Waals surface area contributed by atoms with Crippen LogP contribution in [0.2, 0.25) is 0 Å². The second-order valence-electron chi connectivity index (χ2n) is 7.38. The summed E-state index contributed by atoms with van der Waals surface area (Å²) in [5, 5.41) is 20.8. The van der Waals surface area contributed by atoms with E-state index < -0.39 is 0 Å². The lowest BCUT2D eigenvalue weighted by atomic mass is 9.92. The van der Waals surface area contributed by atoms with Crippen LogP contribution in [0.4, 0.5) is 0 Å². The number of benzene rings is 3. The molecule has 1 atom stereocenters. The highest BCUT2D eigenvalue weighted by Crippen LogP contribution is 2.34. The maximum atomic E-state index is 11.7. The molecule has 0 aromatic heterocycles. The van der Waals surface area contributed by atoms with E-state index in [0.717, 1.165) is 41.7 Å². The summed E-state index contributed by atoms with van der Waals surface area (Å²) in [6.45, 7) is 6.11. The molecule has 0 amide bonds. The molecule has 0 spiro atoms. The van der Waals surface area contributed by atoms with Gasteiger partial charge in [0.25, 0.3) is 0 Å². The minimum absolute atomic E-state index is 0.0291. The largest absolute Gasteiger partial charge is 0.486 e. The van der Waals surface area contributed by atoms with E-state index in [9.17, 15) is 5.11 Å². The van der Waals surface area contributed by atoms with Crippen molar-refractivity contribution in [3.05, 3.63) is 82.9 Å². The Bertz CT molecular complexity index is 1020. The van der Waals surface area contributed by atoms with Gasteiger partial charge in [0.2, 0.25) is 0 Å². The summed E-state index contributed by atoms with van der Waals surface area (Å²) in [6, 6.07) is 21.3. The van der Waals surface area contributed by atoms with Gasteiger partial charge in [0.05, 0.1) is 11.6 Å². The van der Waals surface area contributed by atoms with Gasteiger partial charge in [0.1, 0.15) is 11.9 Å². The molecular weight excluding hydrogens is 358 g/mol. The minimum atomic E-state index is -0.0785. The third kappa shape index (κ3) is 4.78. The zero-order valence-corrected chi connectivity index (χ0v) is 17.2. The van der Waals surface area contributed by atoms with Crippen molar-refractivity contribution < 1.29 is 9.84 Å². The fourth-order valence-corrected chi connectivity index (χ4v) is 3.57. The average molecular weight is 384 g/mol. The van der Waals surface area contributed by atoms with E-state index in [-0.39, 0.29) is 11.9 Å². The standard InChI is InChI=1S/C26H26NO2/c1-4-5-9-26(29-22-14-15-25(28)18(2)16-22)24-8-6-7-23(19(24)3)21-12-10-20(17-27)11-13-21/h6-8,10-16,26H,4-5,9H2,1-3H3. The van der Waals surface area contributed by atoms with Crippen LogP contribution in [0, 0.1) is 25.2 Å². The summed E-state index contributed by atoms with van der Waals surface area (Å²) in [6.07, 6.45) is 2.98. The predicted molar refractivity (Wildman–Crippen MR) is 116 cm³/mol. The summed E-state index contributed by atoms with van der Waals surface area (Å²) >= 11 is 0. The first-order valence-corrected chi connectivity index (χ1v) is 10.1. The fourth-order valence-electron chi connectivity index (χ4n) is 3.57. The first-order valence-electron chi connectivity index (χ1n) is 10.1. The van der Waals surface area contributed by atoms with Crippen molar-refractivity contribution in [1.29, 1.82) is 5.26 Å². The molecule has 0 aliphatic carbocycles. The molecule has 0 heterocycles. The number of hydrogen-bond acceptors (Lipinski definition) is 2. The molecule has 3 aromatic carbocycles. The van der Waals surface area contributed by atoms with E-state index in [1.165, 1.54) is 5.56 Å². The molecule has 3 heteroatoms. The van der Waals surface area contributed by atoms with Crippen LogP contribution < -0.4 is 4.74 Å². The molecule has 0 bridgehead atoms. The molecule has 0 aliphatic rings. The molecule has 3 rings (SSSR count). The van der Waals surface area contributed by atoms with Gasteiger partial charge in [-0.1, -0.05) is 43.7 Å². The number of aryl methyl sites for hydroxylation is 1. The van der Waals surface area contributed by atoms with Crippen molar-refractivity contribution in [1.82, 2.24) is 0 Å². The smallest absolute Gasteiger partial charge is 0.181 e. The lowest BCUT2D eigenvalue weighted by Crippen LogP contribution is -2.10. The van der Waals surface area contributed by atoms with E-state index in [2.05, 4.69) is 38.1 Å². The molecule has 0 fully saturated rings. The third-order valence-corrected chi connectivity index (χ3v) is 5.29.